The van der Waals surface area contributed by atoms with Crippen molar-refractivity contribution in [2.24, 2.45) is 0 Å². The predicted octanol–water partition coefficient (Wildman–Crippen LogP) is 8.58. The van der Waals surface area contributed by atoms with Gasteiger partial charge in [-0.15, -0.1) is 0 Å². The quantitative estimate of drug-likeness (QED) is 0.155. The molecule has 1 aromatic rings. The number of hydrogen-bond acceptors (Lipinski definition) is 0. The first kappa shape index (κ1) is 25.2. The first-order valence-corrected chi connectivity index (χ1v) is 12.8. The second kappa shape index (κ2) is 19.5. The van der Waals surface area contributed by atoms with E-state index in [0.717, 1.165) is 0 Å². The molecule has 0 unspecified atom stereocenters. The summed E-state index contributed by atoms with van der Waals surface area (Å²) in [6.07, 6.45) is 31.3. The lowest BCUT2D eigenvalue weighted by molar-refractivity contribution is -0.697. The third kappa shape index (κ3) is 15.1. The number of pyridine rings is 1. The van der Waals surface area contributed by atoms with E-state index in [0.29, 0.717) is 0 Å². The minimum Gasteiger partial charge on any atom is -0.205 e. The number of hydrogen-bond donors (Lipinski definition) is 0. The molecule has 0 atom stereocenters. The van der Waals surface area contributed by atoms with Crippen molar-refractivity contribution in [2.45, 2.75) is 142 Å². The summed E-state index contributed by atoms with van der Waals surface area (Å²) in [5.74, 6) is 0. The molecular weight excluding hydrogens is 338 g/mol. The fraction of sp³-hybridized carbons (Fsp3) is 0.815. The monoisotopic (exact) mass is 388 g/mol. The number of aromatic nitrogens is 1. The van der Waals surface area contributed by atoms with Crippen LogP contribution in [-0.2, 0) is 13.0 Å². The Kier molecular flexibility index (Phi) is 17.5. The van der Waals surface area contributed by atoms with E-state index < -0.39 is 0 Å². The Labute approximate surface area is 177 Å². The average Bonchev–Trinajstić information content (AvgIpc) is 2.72. The minimum atomic E-state index is 1.19. The lowest BCUT2D eigenvalue weighted by Crippen LogP contribution is -2.32. The Morgan fingerprint density at radius 2 is 0.893 bits per heavy atom. The van der Waals surface area contributed by atoms with Crippen LogP contribution in [0.25, 0.3) is 0 Å². The lowest BCUT2D eigenvalue weighted by Gasteiger charge is -2.04. The van der Waals surface area contributed by atoms with Gasteiger partial charge in [0.25, 0.3) is 0 Å². The highest BCUT2D eigenvalue weighted by Gasteiger charge is 2.01. The molecule has 162 valence electrons. The van der Waals surface area contributed by atoms with E-state index in [2.05, 4.69) is 42.9 Å². The predicted molar refractivity (Wildman–Crippen MR) is 125 cm³/mol. The molecule has 0 amide bonds. The zero-order valence-electron chi connectivity index (χ0n) is 19.4. The fourth-order valence-electron chi connectivity index (χ4n) is 4.05. The maximum atomic E-state index is 2.37. The third-order valence-corrected chi connectivity index (χ3v) is 6.05. The lowest BCUT2D eigenvalue weighted by atomic mass is 10.0. The van der Waals surface area contributed by atoms with Gasteiger partial charge < -0.3 is 0 Å². The van der Waals surface area contributed by atoms with Gasteiger partial charge in [0, 0.05) is 18.6 Å². The third-order valence-electron chi connectivity index (χ3n) is 6.05. The maximum Gasteiger partial charge on any atom is 0.169 e. The van der Waals surface area contributed by atoms with Crippen molar-refractivity contribution in [3.8, 4) is 0 Å². The van der Waals surface area contributed by atoms with Crippen LogP contribution >= 0.6 is 0 Å². The van der Waals surface area contributed by atoms with Gasteiger partial charge in [0.1, 0.15) is 6.54 Å². The zero-order valence-corrected chi connectivity index (χ0v) is 19.4. The first-order chi connectivity index (χ1) is 13.9. The summed E-state index contributed by atoms with van der Waals surface area (Å²) >= 11 is 0. The Morgan fingerprint density at radius 1 is 0.500 bits per heavy atom. The van der Waals surface area contributed by atoms with Gasteiger partial charge in [-0.3, -0.25) is 0 Å². The van der Waals surface area contributed by atoms with Gasteiger partial charge in [-0.1, -0.05) is 110 Å². The van der Waals surface area contributed by atoms with Crippen LogP contribution in [0.1, 0.15) is 135 Å². The standard InChI is InChI=1S/C27H50N/c1-3-5-7-9-11-12-13-14-15-16-17-19-21-27-22-25-28(26-23-27)24-20-18-10-8-6-4-2/h22-23,25-26H,3-21,24H2,1-2H3/q+1. The van der Waals surface area contributed by atoms with Crippen LogP contribution in [0.5, 0.6) is 0 Å². The molecule has 0 bridgehead atoms. The Morgan fingerprint density at radius 3 is 1.36 bits per heavy atom. The fourth-order valence-corrected chi connectivity index (χ4v) is 4.05. The number of unbranched alkanes of at least 4 members (excludes halogenated alkanes) is 16. The summed E-state index contributed by atoms with van der Waals surface area (Å²) in [5.41, 5.74) is 1.52. The molecule has 0 aliphatic heterocycles. The van der Waals surface area contributed by atoms with Gasteiger partial charge in [0.15, 0.2) is 12.4 Å². The Bertz CT molecular complexity index is 422. The largest absolute Gasteiger partial charge is 0.205 e. The topological polar surface area (TPSA) is 3.88 Å². The molecule has 1 heteroatoms. The van der Waals surface area contributed by atoms with Gasteiger partial charge >= 0.3 is 0 Å². The van der Waals surface area contributed by atoms with E-state index in [4.69, 9.17) is 0 Å². The molecule has 1 heterocycles. The van der Waals surface area contributed by atoms with Crippen molar-refractivity contribution in [1.82, 2.24) is 0 Å². The normalized spacial score (nSPS) is 11.2. The molecule has 0 aliphatic carbocycles. The molecule has 0 aliphatic rings. The molecule has 0 saturated heterocycles. The summed E-state index contributed by atoms with van der Waals surface area (Å²) < 4.78 is 2.37. The molecule has 0 radical (unpaired) electrons. The molecule has 0 aromatic carbocycles. The van der Waals surface area contributed by atoms with Crippen LogP contribution in [0.4, 0.5) is 0 Å². The second-order valence-corrected chi connectivity index (χ2v) is 8.85. The summed E-state index contributed by atoms with van der Waals surface area (Å²) in [7, 11) is 0. The SMILES string of the molecule is CCCCCCCCCCCCCCc1cc[n+](CCCCCCCC)cc1. The van der Waals surface area contributed by atoms with Crippen LogP contribution in [0.2, 0.25) is 0 Å². The smallest absolute Gasteiger partial charge is 0.169 e. The van der Waals surface area contributed by atoms with Crippen LogP contribution in [0.15, 0.2) is 24.5 Å². The summed E-state index contributed by atoms with van der Waals surface area (Å²) in [6, 6.07) is 4.69. The molecule has 0 fully saturated rings. The van der Waals surface area contributed by atoms with E-state index in [1.165, 1.54) is 134 Å². The van der Waals surface area contributed by atoms with E-state index in [-0.39, 0.29) is 0 Å². The molecule has 1 rings (SSSR count). The van der Waals surface area contributed by atoms with E-state index >= 15 is 0 Å². The van der Waals surface area contributed by atoms with Crippen molar-refractivity contribution in [1.29, 1.82) is 0 Å². The highest BCUT2D eigenvalue weighted by molar-refractivity contribution is 5.07. The Balaban J connectivity index is 1.91. The van der Waals surface area contributed by atoms with Gasteiger partial charge in [-0.05, 0) is 24.8 Å². The number of rotatable bonds is 20. The summed E-state index contributed by atoms with van der Waals surface area (Å²) in [4.78, 5) is 0. The summed E-state index contributed by atoms with van der Waals surface area (Å²) in [5, 5.41) is 0. The highest BCUT2D eigenvalue weighted by atomic mass is 14.9. The number of nitrogens with zero attached hydrogens (tertiary/aromatic N) is 1. The van der Waals surface area contributed by atoms with Gasteiger partial charge in [0.2, 0.25) is 0 Å². The van der Waals surface area contributed by atoms with Crippen molar-refractivity contribution in [3.63, 3.8) is 0 Å². The van der Waals surface area contributed by atoms with Crippen LogP contribution in [0, 0.1) is 0 Å². The summed E-state index contributed by atoms with van der Waals surface area (Å²) in [6.45, 7) is 5.77. The van der Waals surface area contributed by atoms with Crippen molar-refractivity contribution in [3.05, 3.63) is 30.1 Å². The molecule has 0 spiro atoms. The van der Waals surface area contributed by atoms with Crippen molar-refractivity contribution < 1.29 is 4.57 Å². The van der Waals surface area contributed by atoms with E-state index in [1.807, 2.05) is 0 Å². The van der Waals surface area contributed by atoms with E-state index in [9.17, 15) is 0 Å². The molecular formula is C27H50N+. The molecule has 1 nitrogen and oxygen atoms in total. The van der Waals surface area contributed by atoms with E-state index in [1.54, 1.807) is 0 Å². The second-order valence-electron chi connectivity index (χ2n) is 8.85. The Hall–Kier alpha value is -0.850. The maximum absolute atomic E-state index is 2.37. The number of aryl methyl sites for hydroxylation is 2. The van der Waals surface area contributed by atoms with Gasteiger partial charge in [-0.25, -0.2) is 4.57 Å². The molecule has 0 saturated carbocycles. The van der Waals surface area contributed by atoms with Gasteiger partial charge in [0.05, 0.1) is 0 Å². The highest BCUT2D eigenvalue weighted by Crippen LogP contribution is 2.13. The van der Waals surface area contributed by atoms with Crippen LogP contribution < -0.4 is 4.57 Å². The van der Waals surface area contributed by atoms with Crippen LogP contribution in [0.3, 0.4) is 0 Å². The van der Waals surface area contributed by atoms with Crippen molar-refractivity contribution >= 4 is 0 Å². The van der Waals surface area contributed by atoms with Gasteiger partial charge in [-0.2, -0.15) is 0 Å². The first-order valence-electron chi connectivity index (χ1n) is 12.8. The average molecular weight is 389 g/mol. The van der Waals surface area contributed by atoms with Crippen molar-refractivity contribution in [2.75, 3.05) is 0 Å². The van der Waals surface area contributed by atoms with Crippen LogP contribution in [-0.4, -0.2) is 0 Å². The minimum absolute atomic E-state index is 1.19. The molecule has 0 N–H and O–H groups in total. The zero-order chi connectivity index (χ0) is 20.1. The molecule has 28 heavy (non-hydrogen) atoms. The molecule has 1 aromatic heterocycles.